The van der Waals surface area contributed by atoms with Crippen LogP contribution in [0.5, 0.6) is 0 Å². The lowest BCUT2D eigenvalue weighted by Crippen LogP contribution is -2.22. The molecule has 0 atom stereocenters. The Morgan fingerprint density at radius 2 is 2.00 bits per heavy atom. The summed E-state index contributed by atoms with van der Waals surface area (Å²) in [7, 11) is 0. The maximum atomic E-state index is 12.3. The van der Waals surface area contributed by atoms with Crippen molar-refractivity contribution in [2.45, 2.75) is 19.6 Å². The summed E-state index contributed by atoms with van der Waals surface area (Å²) in [5.74, 6) is -0.0192. The maximum absolute atomic E-state index is 12.3. The van der Waals surface area contributed by atoms with Crippen LogP contribution < -0.4 is 16.6 Å². The Labute approximate surface area is 174 Å². The van der Waals surface area contributed by atoms with Gasteiger partial charge in [0.15, 0.2) is 12.4 Å². The molecule has 0 saturated heterocycles. The van der Waals surface area contributed by atoms with Crippen LogP contribution in [0.1, 0.15) is 12.2 Å². The molecule has 3 heterocycles. The van der Waals surface area contributed by atoms with Crippen molar-refractivity contribution < 1.29 is 9.53 Å². The summed E-state index contributed by atoms with van der Waals surface area (Å²) in [5, 5.41) is 5.35. The van der Waals surface area contributed by atoms with E-state index in [1.807, 2.05) is 30.3 Å². The molecule has 30 heavy (non-hydrogen) atoms. The zero-order valence-corrected chi connectivity index (χ0v) is 16.5. The van der Waals surface area contributed by atoms with Crippen molar-refractivity contribution >= 4 is 45.1 Å². The van der Waals surface area contributed by atoms with E-state index >= 15 is 0 Å². The SMILES string of the molecule is Nc1nc(COC(=O)CCn2cnc3sccc3c2=O)nc(Nc2ccccc2)n1. The van der Waals surface area contributed by atoms with Gasteiger partial charge in [-0.05, 0) is 23.6 Å². The first-order valence-electron chi connectivity index (χ1n) is 8.99. The number of aromatic nitrogens is 5. The van der Waals surface area contributed by atoms with E-state index in [1.165, 1.54) is 22.2 Å². The molecule has 0 bridgehead atoms. The second kappa shape index (κ2) is 8.66. The highest BCUT2D eigenvalue weighted by atomic mass is 32.1. The largest absolute Gasteiger partial charge is 0.457 e. The van der Waals surface area contributed by atoms with E-state index in [0.717, 1.165) is 5.69 Å². The van der Waals surface area contributed by atoms with E-state index in [4.69, 9.17) is 10.5 Å². The number of benzene rings is 1. The summed E-state index contributed by atoms with van der Waals surface area (Å²) >= 11 is 1.39. The predicted molar refractivity (Wildman–Crippen MR) is 112 cm³/mol. The summed E-state index contributed by atoms with van der Waals surface area (Å²) in [6, 6.07) is 11.0. The van der Waals surface area contributed by atoms with Crippen LogP contribution in [0.2, 0.25) is 0 Å². The molecule has 3 aromatic heterocycles. The molecule has 4 rings (SSSR count). The summed E-state index contributed by atoms with van der Waals surface area (Å²) in [6.07, 6.45) is 1.44. The Hall–Kier alpha value is -3.86. The summed E-state index contributed by atoms with van der Waals surface area (Å²) in [4.78, 5) is 41.5. The van der Waals surface area contributed by atoms with Gasteiger partial charge < -0.3 is 15.8 Å². The standard InChI is InChI=1S/C19H17N7O3S/c20-18-23-14(24-19(25-18)22-12-4-2-1-3-5-12)10-29-15(27)6-8-26-11-21-16-13(17(26)28)7-9-30-16/h1-5,7,9,11H,6,8,10H2,(H3,20,22,23,24,25). The second-order valence-electron chi connectivity index (χ2n) is 6.22. The van der Waals surface area contributed by atoms with Gasteiger partial charge in [-0.3, -0.25) is 14.2 Å². The minimum atomic E-state index is -0.496. The summed E-state index contributed by atoms with van der Waals surface area (Å²) < 4.78 is 6.60. The molecule has 0 radical (unpaired) electrons. The molecule has 0 fully saturated rings. The van der Waals surface area contributed by atoms with Crippen molar-refractivity contribution in [3.05, 3.63) is 64.3 Å². The Morgan fingerprint density at radius 1 is 1.17 bits per heavy atom. The highest BCUT2D eigenvalue weighted by Crippen LogP contribution is 2.14. The van der Waals surface area contributed by atoms with Gasteiger partial charge in [-0.15, -0.1) is 11.3 Å². The van der Waals surface area contributed by atoms with E-state index in [0.29, 0.717) is 10.2 Å². The third-order valence-corrected chi connectivity index (χ3v) is 4.92. The number of rotatable bonds is 7. The van der Waals surface area contributed by atoms with Gasteiger partial charge in [0.2, 0.25) is 11.9 Å². The molecule has 4 aromatic rings. The quantitative estimate of drug-likeness (QED) is 0.428. The van der Waals surface area contributed by atoms with Gasteiger partial charge in [-0.1, -0.05) is 18.2 Å². The number of esters is 1. The number of ether oxygens (including phenoxy) is 1. The fraction of sp³-hybridized carbons (Fsp3) is 0.158. The lowest BCUT2D eigenvalue weighted by Gasteiger charge is -2.08. The minimum absolute atomic E-state index is 0.00686. The molecule has 0 aliphatic heterocycles. The Balaban J connectivity index is 1.35. The lowest BCUT2D eigenvalue weighted by molar-refractivity contribution is -0.145. The number of hydrogen-bond donors (Lipinski definition) is 2. The van der Waals surface area contributed by atoms with Gasteiger partial charge in [0.05, 0.1) is 18.1 Å². The predicted octanol–water partition coefficient (Wildman–Crippen LogP) is 2.10. The fourth-order valence-corrected chi connectivity index (χ4v) is 3.41. The van der Waals surface area contributed by atoms with Crippen molar-refractivity contribution in [2.75, 3.05) is 11.1 Å². The molecule has 11 heteroatoms. The average Bonchev–Trinajstić information content (AvgIpc) is 3.22. The van der Waals surface area contributed by atoms with E-state index in [1.54, 1.807) is 11.4 Å². The van der Waals surface area contributed by atoms with Gasteiger partial charge in [0.25, 0.3) is 5.56 Å². The topological polar surface area (TPSA) is 138 Å². The normalized spacial score (nSPS) is 10.8. The second-order valence-corrected chi connectivity index (χ2v) is 7.11. The summed E-state index contributed by atoms with van der Waals surface area (Å²) in [5.41, 5.74) is 6.32. The molecule has 152 valence electrons. The number of hydrogen-bond acceptors (Lipinski definition) is 10. The number of aryl methyl sites for hydroxylation is 1. The number of nitrogens with one attached hydrogen (secondary N) is 1. The molecule has 3 N–H and O–H groups in total. The third-order valence-electron chi connectivity index (χ3n) is 4.10. The smallest absolute Gasteiger partial charge is 0.308 e. The molecule has 0 aliphatic rings. The average molecular weight is 423 g/mol. The molecule has 0 unspecified atom stereocenters. The van der Waals surface area contributed by atoms with Crippen LogP contribution in [-0.2, 0) is 22.7 Å². The molecule has 1 aromatic carbocycles. The molecule has 0 aliphatic carbocycles. The van der Waals surface area contributed by atoms with E-state index in [2.05, 4.69) is 25.3 Å². The van der Waals surface area contributed by atoms with Crippen molar-refractivity contribution in [3.63, 3.8) is 0 Å². The van der Waals surface area contributed by atoms with Crippen LogP contribution >= 0.6 is 11.3 Å². The first kappa shape index (κ1) is 19.5. The van der Waals surface area contributed by atoms with Crippen LogP contribution in [0, 0.1) is 0 Å². The van der Waals surface area contributed by atoms with Crippen molar-refractivity contribution in [1.82, 2.24) is 24.5 Å². The molecule has 0 spiro atoms. The van der Waals surface area contributed by atoms with Crippen LogP contribution in [0.4, 0.5) is 17.6 Å². The Bertz CT molecular complexity index is 1240. The molecule has 0 saturated carbocycles. The number of thiophene rings is 1. The number of nitrogens with zero attached hydrogens (tertiary/aromatic N) is 5. The molecular weight excluding hydrogens is 406 g/mol. The Kier molecular flexibility index (Phi) is 5.61. The number of anilines is 3. The van der Waals surface area contributed by atoms with Gasteiger partial charge in [-0.25, -0.2) is 4.98 Å². The number of carbonyl (C=O) groups is 1. The molecule has 0 amide bonds. The lowest BCUT2D eigenvalue weighted by atomic mass is 10.3. The minimum Gasteiger partial charge on any atom is -0.457 e. The van der Waals surface area contributed by atoms with Crippen molar-refractivity contribution in [3.8, 4) is 0 Å². The number of fused-ring (bicyclic) bond motifs is 1. The number of nitrogens with two attached hydrogens (primary N) is 1. The zero-order chi connectivity index (χ0) is 20.9. The number of para-hydroxylation sites is 1. The number of nitrogen functional groups attached to an aromatic ring is 1. The monoisotopic (exact) mass is 423 g/mol. The van der Waals surface area contributed by atoms with Crippen LogP contribution in [0.25, 0.3) is 10.2 Å². The Morgan fingerprint density at radius 3 is 2.83 bits per heavy atom. The van der Waals surface area contributed by atoms with Crippen LogP contribution in [0.3, 0.4) is 0 Å². The van der Waals surface area contributed by atoms with Crippen LogP contribution in [-0.4, -0.2) is 30.5 Å². The number of carbonyl (C=O) groups excluding carboxylic acids is 1. The van der Waals surface area contributed by atoms with E-state index < -0.39 is 5.97 Å². The van der Waals surface area contributed by atoms with Gasteiger partial charge in [0.1, 0.15) is 4.83 Å². The van der Waals surface area contributed by atoms with Crippen LogP contribution in [0.15, 0.2) is 52.9 Å². The third kappa shape index (κ3) is 4.58. The van der Waals surface area contributed by atoms with Crippen molar-refractivity contribution in [1.29, 1.82) is 0 Å². The summed E-state index contributed by atoms with van der Waals surface area (Å²) in [6.45, 7) is 0.00233. The first-order chi connectivity index (χ1) is 14.6. The van der Waals surface area contributed by atoms with Crippen molar-refractivity contribution in [2.24, 2.45) is 0 Å². The van der Waals surface area contributed by atoms with E-state index in [-0.39, 0.29) is 42.9 Å². The zero-order valence-electron chi connectivity index (χ0n) is 15.7. The van der Waals surface area contributed by atoms with E-state index in [9.17, 15) is 9.59 Å². The van der Waals surface area contributed by atoms with Gasteiger partial charge >= 0.3 is 5.97 Å². The maximum Gasteiger partial charge on any atom is 0.308 e. The van der Waals surface area contributed by atoms with Gasteiger partial charge in [0, 0.05) is 12.2 Å². The fourth-order valence-electron chi connectivity index (χ4n) is 2.69. The first-order valence-corrected chi connectivity index (χ1v) is 9.87. The molecule has 10 nitrogen and oxygen atoms in total. The molecular formula is C19H17N7O3S. The highest BCUT2D eigenvalue weighted by Gasteiger charge is 2.11. The highest BCUT2D eigenvalue weighted by molar-refractivity contribution is 7.16. The van der Waals surface area contributed by atoms with Gasteiger partial charge in [-0.2, -0.15) is 15.0 Å².